The first-order valence-electron chi connectivity index (χ1n) is 9.03. The van der Waals surface area contributed by atoms with Crippen LogP contribution in [0.25, 0.3) is 11.0 Å². The SMILES string of the molecule is O=C1C[C@H](c2ccc(OCCn3cccn3)cc2)c2c(ccc3nsnc23)N1. The van der Waals surface area contributed by atoms with Crippen molar-refractivity contribution >= 4 is 34.4 Å². The summed E-state index contributed by atoms with van der Waals surface area (Å²) < 4.78 is 16.4. The van der Waals surface area contributed by atoms with Gasteiger partial charge >= 0.3 is 0 Å². The summed E-state index contributed by atoms with van der Waals surface area (Å²) in [6.45, 7) is 1.24. The van der Waals surface area contributed by atoms with Crippen LogP contribution in [0.15, 0.2) is 54.9 Å². The van der Waals surface area contributed by atoms with Crippen molar-refractivity contribution in [2.24, 2.45) is 0 Å². The molecule has 0 aliphatic carbocycles. The number of hydrogen-bond acceptors (Lipinski definition) is 6. The van der Waals surface area contributed by atoms with E-state index in [-0.39, 0.29) is 11.8 Å². The van der Waals surface area contributed by atoms with Gasteiger partial charge in [-0.2, -0.15) is 13.8 Å². The molecule has 1 atom stereocenters. The van der Waals surface area contributed by atoms with Crippen molar-refractivity contribution in [3.63, 3.8) is 0 Å². The smallest absolute Gasteiger partial charge is 0.225 e. The van der Waals surface area contributed by atoms with Crippen LogP contribution in [0, 0.1) is 0 Å². The average molecular weight is 391 g/mol. The highest BCUT2D eigenvalue weighted by Gasteiger charge is 2.29. The molecule has 140 valence electrons. The lowest BCUT2D eigenvalue weighted by Crippen LogP contribution is -2.23. The van der Waals surface area contributed by atoms with Gasteiger partial charge in [0, 0.05) is 36.0 Å². The summed E-state index contributed by atoms with van der Waals surface area (Å²) >= 11 is 1.19. The molecular formula is C20H17N5O2S. The Morgan fingerprint density at radius 3 is 2.89 bits per heavy atom. The second-order valence-corrected chi connectivity index (χ2v) is 7.18. The van der Waals surface area contributed by atoms with Gasteiger partial charge < -0.3 is 10.1 Å². The number of rotatable bonds is 5. The van der Waals surface area contributed by atoms with Gasteiger partial charge in [0.15, 0.2) is 0 Å². The van der Waals surface area contributed by atoms with E-state index in [0.29, 0.717) is 19.6 Å². The number of nitrogens with zero attached hydrogens (tertiary/aromatic N) is 4. The normalized spacial score (nSPS) is 16.0. The Kier molecular flexibility index (Phi) is 4.25. The Morgan fingerprint density at radius 2 is 2.07 bits per heavy atom. The Bertz CT molecular complexity index is 1120. The molecule has 0 saturated heterocycles. The first-order chi connectivity index (χ1) is 13.8. The standard InChI is InChI=1S/C20H17N5O2S/c26-18-12-15(19-16(22-18)6-7-17-20(19)24-28-23-17)13-2-4-14(5-3-13)27-11-10-25-9-1-8-21-25/h1-9,15H,10-12H2,(H,22,26)/t15-/m1/s1. The van der Waals surface area contributed by atoms with Crippen LogP contribution in [0.3, 0.4) is 0 Å². The van der Waals surface area contributed by atoms with Gasteiger partial charge in [0.1, 0.15) is 23.4 Å². The quantitative estimate of drug-likeness (QED) is 0.564. The number of carbonyl (C=O) groups excluding carboxylic acids is 1. The maximum absolute atomic E-state index is 12.2. The number of nitrogens with one attached hydrogen (secondary N) is 1. The van der Waals surface area contributed by atoms with Gasteiger partial charge in [-0.1, -0.05) is 12.1 Å². The first kappa shape index (κ1) is 16.9. The van der Waals surface area contributed by atoms with E-state index in [1.807, 2.05) is 53.3 Å². The number of fused-ring (bicyclic) bond motifs is 3. The van der Waals surface area contributed by atoms with Crippen molar-refractivity contribution in [1.29, 1.82) is 0 Å². The molecule has 1 aliphatic rings. The molecule has 1 amide bonds. The lowest BCUT2D eigenvalue weighted by atomic mass is 9.84. The Labute approximate surface area is 165 Å². The zero-order chi connectivity index (χ0) is 18.9. The fourth-order valence-electron chi connectivity index (χ4n) is 3.59. The van der Waals surface area contributed by atoms with Crippen molar-refractivity contribution < 1.29 is 9.53 Å². The molecule has 0 bridgehead atoms. The summed E-state index contributed by atoms with van der Waals surface area (Å²) in [7, 11) is 0. The third-order valence-electron chi connectivity index (χ3n) is 4.91. The fraction of sp³-hybridized carbons (Fsp3) is 0.200. The Balaban J connectivity index is 1.39. The van der Waals surface area contributed by atoms with E-state index in [2.05, 4.69) is 19.2 Å². The van der Waals surface area contributed by atoms with Crippen LogP contribution in [-0.4, -0.2) is 31.0 Å². The molecule has 3 heterocycles. The maximum atomic E-state index is 12.2. The Hall–Kier alpha value is -3.26. The van der Waals surface area contributed by atoms with Crippen LogP contribution in [0.2, 0.25) is 0 Å². The molecule has 1 N–H and O–H groups in total. The number of benzene rings is 2. The summed E-state index contributed by atoms with van der Waals surface area (Å²) in [6, 6.07) is 13.6. The predicted molar refractivity (Wildman–Crippen MR) is 107 cm³/mol. The van der Waals surface area contributed by atoms with E-state index in [0.717, 1.165) is 33.6 Å². The molecule has 4 aromatic rings. The van der Waals surface area contributed by atoms with Gasteiger partial charge in [-0.05, 0) is 35.9 Å². The van der Waals surface area contributed by atoms with E-state index in [1.54, 1.807) is 6.20 Å². The minimum Gasteiger partial charge on any atom is -0.492 e. The maximum Gasteiger partial charge on any atom is 0.225 e. The molecule has 8 heteroatoms. The minimum atomic E-state index is -0.0468. The molecule has 0 radical (unpaired) electrons. The second kappa shape index (κ2) is 7.05. The first-order valence-corrected chi connectivity index (χ1v) is 9.76. The number of hydrogen-bond donors (Lipinski definition) is 1. The van der Waals surface area contributed by atoms with E-state index in [4.69, 9.17) is 4.74 Å². The van der Waals surface area contributed by atoms with E-state index < -0.39 is 0 Å². The zero-order valence-corrected chi connectivity index (χ0v) is 15.7. The molecule has 28 heavy (non-hydrogen) atoms. The molecule has 2 aromatic carbocycles. The number of carbonyl (C=O) groups is 1. The van der Waals surface area contributed by atoms with Gasteiger partial charge in [-0.3, -0.25) is 9.48 Å². The predicted octanol–water partition coefficient (Wildman–Crippen LogP) is 3.44. The lowest BCUT2D eigenvalue weighted by molar-refractivity contribution is -0.116. The number of anilines is 1. The molecule has 1 aliphatic heterocycles. The fourth-order valence-corrected chi connectivity index (χ4v) is 4.14. The molecule has 7 nitrogen and oxygen atoms in total. The summed E-state index contributed by atoms with van der Waals surface area (Å²) in [5.74, 6) is 0.763. The van der Waals surface area contributed by atoms with E-state index >= 15 is 0 Å². The average Bonchev–Trinajstić information content (AvgIpc) is 3.39. The molecule has 5 rings (SSSR count). The highest BCUT2D eigenvalue weighted by atomic mass is 32.1. The summed E-state index contributed by atoms with van der Waals surface area (Å²) in [5, 5.41) is 7.12. The van der Waals surface area contributed by atoms with E-state index in [1.165, 1.54) is 11.7 Å². The summed E-state index contributed by atoms with van der Waals surface area (Å²) in [6.07, 6.45) is 4.05. The number of ether oxygens (including phenoxy) is 1. The van der Waals surface area contributed by atoms with E-state index in [9.17, 15) is 4.79 Å². The van der Waals surface area contributed by atoms with Crippen LogP contribution in [0.5, 0.6) is 5.75 Å². The summed E-state index contributed by atoms with van der Waals surface area (Å²) in [4.78, 5) is 12.2. The number of aromatic nitrogens is 4. The third-order valence-corrected chi connectivity index (χ3v) is 5.45. The monoisotopic (exact) mass is 391 g/mol. The lowest BCUT2D eigenvalue weighted by Gasteiger charge is -2.26. The van der Waals surface area contributed by atoms with Crippen LogP contribution < -0.4 is 10.1 Å². The van der Waals surface area contributed by atoms with Crippen LogP contribution >= 0.6 is 11.7 Å². The minimum absolute atomic E-state index is 0.0135. The molecule has 0 unspecified atom stereocenters. The van der Waals surface area contributed by atoms with Gasteiger partial charge in [-0.25, -0.2) is 0 Å². The van der Waals surface area contributed by atoms with Crippen molar-refractivity contribution in [2.75, 3.05) is 11.9 Å². The second-order valence-electron chi connectivity index (χ2n) is 6.65. The van der Waals surface area contributed by atoms with Crippen molar-refractivity contribution in [3.8, 4) is 5.75 Å². The third kappa shape index (κ3) is 3.11. The largest absolute Gasteiger partial charge is 0.492 e. The molecule has 2 aromatic heterocycles. The zero-order valence-electron chi connectivity index (χ0n) is 14.9. The molecule has 0 spiro atoms. The molecule has 0 saturated carbocycles. The van der Waals surface area contributed by atoms with Crippen LogP contribution in [0.4, 0.5) is 5.69 Å². The van der Waals surface area contributed by atoms with Crippen LogP contribution in [0.1, 0.15) is 23.5 Å². The topological polar surface area (TPSA) is 81.9 Å². The number of amides is 1. The van der Waals surface area contributed by atoms with Gasteiger partial charge in [-0.15, -0.1) is 0 Å². The van der Waals surface area contributed by atoms with Gasteiger partial charge in [0.05, 0.1) is 18.3 Å². The van der Waals surface area contributed by atoms with Gasteiger partial charge in [0.25, 0.3) is 0 Å². The highest BCUT2D eigenvalue weighted by molar-refractivity contribution is 7.00. The summed E-state index contributed by atoms with van der Waals surface area (Å²) in [5.41, 5.74) is 4.66. The molecule has 0 fully saturated rings. The van der Waals surface area contributed by atoms with Crippen molar-refractivity contribution in [1.82, 2.24) is 18.5 Å². The highest BCUT2D eigenvalue weighted by Crippen LogP contribution is 2.41. The molecular weight excluding hydrogens is 374 g/mol. The van der Waals surface area contributed by atoms with Crippen LogP contribution in [-0.2, 0) is 11.3 Å². The Morgan fingerprint density at radius 1 is 1.18 bits per heavy atom. The van der Waals surface area contributed by atoms with Crippen molar-refractivity contribution in [2.45, 2.75) is 18.9 Å². The van der Waals surface area contributed by atoms with Gasteiger partial charge in [0.2, 0.25) is 5.91 Å². The van der Waals surface area contributed by atoms with Crippen molar-refractivity contribution in [3.05, 3.63) is 66.0 Å².